The fraction of sp³-hybridized carbons (Fsp3) is 0.619. The first-order valence-corrected chi connectivity index (χ1v) is 9.76. The number of allylic oxidation sites excluding steroid dienone is 3. The van der Waals surface area contributed by atoms with E-state index in [1.165, 1.54) is 0 Å². The molecule has 5 heteroatoms. The van der Waals surface area contributed by atoms with E-state index < -0.39 is 5.79 Å². The van der Waals surface area contributed by atoms with Gasteiger partial charge in [-0.15, -0.1) is 0 Å². The molecule has 26 heavy (non-hydrogen) atoms. The second-order valence-electron chi connectivity index (χ2n) is 7.44. The molecule has 2 unspecified atom stereocenters. The highest BCUT2D eigenvalue weighted by Gasteiger charge is 2.40. The first-order chi connectivity index (χ1) is 12.6. The second kappa shape index (κ2) is 8.78. The van der Waals surface area contributed by atoms with Gasteiger partial charge >= 0.3 is 0 Å². The van der Waals surface area contributed by atoms with Gasteiger partial charge in [0.25, 0.3) is 5.91 Å². The molecule has 1 amide bonds. The fourth-order valence-electron chi connectivity index (χ4n) is 3.85. The van der Waals surface area contributed by atoms with Gasteiger partial charge in [0.2, 0.25) is 0 Å². The van der Waals surface area contributed by atoms with Crippen LogP contribution in [0.2, 0.25) is 0 Å². The number of amidine groups is 1. The van der Waals surface area contributed by atoms with E-state index in [2.05, 4.69) is 31.0 Å². The quantitative estimate of drug-likeness (QED) is 0.782. The SMILES string of the molecule is C=C1CC2(CC(CCCC)C/N=C(/C3C=CC=CC3)NC1=O)OCCO2. The number of amides is 1. The third-order valence-electron chi connectivity index (χ3n) is 5.28. The van der Waals surface area contributed by atoms with Gasteiger partial charge in [-0.1, -0.05) is 50.6 Å². The van der Waals surface area contributed by atoms with Gasteiger partial charge in [0, 0.05) is 30.9 Å². The van der Waals surface area contributed by atoms with Crippen molar-refractivity contribution in [1.29, 1.82) is 0 Å². The largest absolute Gasteiger partial charge is 0.347 e. The first kappa shape index (κ1) is 19.1. The van der Waals surface area contributed by atoms with Crippen molar-refractivity contribution in [3.05, 3.63) is 36.5 Å². The van der Waals surface area contributed by atoms with Crippen molar-refractivity contribution < 1.29 is 14.3 Å². The number of nitrogens with zero attached hydrogens (tertiary/aromatic N) is 1. The number of carbonyl (C=O) groups excluding carboxylic acids is 1. The van der Waals surface area contributed by atoms with Crippen LogP contribution in [-0.2, 0) is 14.3 Å². The fourth-order valence-corrected chi connectivity index (χ4v) is 3.85. The third-order valence-corrected chi connectivity index (χ3v) is 5.28. The van der Waals surface area contributed by atoms with Crippen molar-refractivity contribution >= 4 is 11.7 Å². The molecule has 0 aromatic heterocycles. The maximum Gasteiger partial charge on any atom is 0.252 e. The molecule has 142 valence electrons. The van der Waals surface area contributed by atoms with E-state index in [9.17, 15) is 4.79 Å². The Kier molecular flexibility index (Phi) is 6.43. The average Bonchev–Trinajstić information content (AvgIpc) is 3.10. The zero-order chi connectivity index (χ0) is 18.4. The first-order valence-electron chi connectivity index (χ1n) is 9.76. The summed E-state index contributed by atoms with van der Waals surface area (Å²) in [4.78, 5) is 17.5. The standard InChI is InChI=1S/C21H30N2O3/c1-3-4-8-17-14-21(25-11-12-26-21)13-16(2)20(24)23-19(22-15-17)18-9-6-5-7-10-18/h5-7,9,17-18H,2-4,8,10-15H2,1H3,(H,22,23,24). The number of carbonyl (C=O) groups is 1. The van der Waals surface area contributed by atoms with Crippen molar-refractivity contribution in [2.75, 3.05) is 19.8 Å². The van der Waals surface area contributed by atoms with E-state index in [1.807, 2.05) is 12.2 Å². The van der Waals surface area contributed by atoms with Gasteiger partial charge in [0.05, 0.1) is 13.2 Å². The Labute approximate surface area is 156 Å². The predicted molar refractivity (Wildman–Crippen MR) is 103 cm³/mol. The summed E-state index contributed by atoms with van der Waals surface area (Å²) < 4.78 is 11.9. The number of unbranched alkanes of at least 4 members (excludes halogenated alkanes) is 1. The lowest BCUT2D eigenvalue weighted by Crippen LogP contribution is -2.42. The third kappa shape index (κ3) is 4.71. The van der Waals surface area contributed by atoms with E-state index in [1.54, 1.807) is 0 Å². The molecule has 1 aliphatic carbocycles. The van der Waals surface area contributed by atoms with Crippen molar-refractivity contribution in [3.63, 3.8) is 0 Å². The predicted octanol–water partition coefficient (Wildman–Crippen LogP) is 3.53. The van der Waals surface area contributed by atoms with E-state index >= 15 is 0 Å². The van der Waals surface area contributed by atoms with Gasteiger partial charge < -0.3 is 14.8 Å². The van der Waals surface area contributed by atoms with Gasteiger partial charge in [-0.25, -0.2) is 0 Å². The van der Waals surface area contributed by atoms with E-state index in [0.29, 0.717) is 37.7 Å². The molecule has 5 nitrogen and oxygen atoms in total. The Morgan fingerprint density at radius 1 is 1.35 bits per heavy atom. The maximum atomic E-state index is 12.6. The van der Waals surface area contributed by atoms with Crippen LogP contribution in [0.15, 0.2) is 41.4 Å². The van der Waals surface area contributed by atoms with E-state index in [0.717, 1.165) is 37.9 Å². The Balaban J connectivity index is 1.84. The van der Waals surface area contributed by atoms with Crippen molar-refractivity contribution in [2.45, 2.75) is 51.2 Å². The van der Waals surface area contributed by atoms with Crippen LogP contribution in [0.3, 0.4) is 0 Å². The maximum absolute atomic E-state index is 12.6. The van der Waals surface area contributed by atoms with Crippen molar-refractivity contribution in [1.82, 2.24) is 5.32 Å². The van der Waals surface area contributed by atoms with Crippen LogP contribution < -0.4 is 5.32 Å². The van der Waals surface area contributed by atoms with Gasteiger partial charge in [0.1, 0.15) is 5.84 Å². The lowest BCUT2D eigenvalue weighted by atomic mass is 9.89. The molecule has 0 bridgehead atoms. The molecule has 0 aromatic rings. The number of rotatable bonds is 4. The van der Waals surface area contributed by atoms with Crippen LogP contribution in [0.1, 0.15) is 45.4 Å². The van der Waals surface area contributed by atoms with Crippen LogP contribution in [0.4, 0.5) is 0 Å². The number of hydrogen-bond donors (Lipinski definition) is 1. The highest BCUT2D eigenvalue weighted by molar-refractivity contribution is 6.07. The molecule has 0 saturated carbocycles. The molecular formula is C21H30N2O3. The van der Waals surface area contributed by atoms with Crippen LogP contribution in [0.25, 0.3) is 0 Å². The number of ether oxygens (including phenoxy) is 2. The molecular weight excluding hydrogens is 328 g/mol. The van der Waals surface area contributed by atoms with Gasteiger partial charge in [-0.05, 0) is 18.8 Å². The zero-order valence-electron chi connectivity index (χ0n) is 15.7. The number of aliphatic imine (C=N–C) groups is 1. The summed E-state index contributed by atoms with van der Waals surface area (Å²) in [5, 5.41) is 3.00. The Morgan fingerprint density at radius 2 is 2.15 bits per heavy atom. The van der Waals surface area contributed by atoms with Crippen molar-refractivity contribution in [2.24, 2.45) is 16.8 Å². The molecule has 1 fully saturated rings. The number of nitrogens with one attached hydrogen (secondary N) is 1. The lowest BCUT2D eigenvalue weighted by Gasteiger charge is -2.33. The van der Waals surface area contributed by atoms with Gasteiger partial charge in [-0.2, -0.15) is 0 Å². The summed E-state index contributed by atoms with van der Waals surface area (Å²) >= 11 is 0. The highest BCUT2D eigenvalue weighted by atomic mass is 16.7. The van der Waals surface area contributed by atoms with Crippen LogP contribution >= 0.6 is 0 Å². The topological polar surface area (TPSA) is 59.9 Å². The molecule has 0 radical (unpaired) electrons. The highest BCUT2D eigenvalue weighted by Crippen LogP contribution is 2.35. The molecule has 0 aromatic carbocycles. The van der Waals surface area contributed by atoms with Crippen molar-refractivity contribution in [3.8, 4) is 0 Å². The summed E-state index contributed by atoms with van der Waals surface area (Å²) in [6.07, 6.45) is 13.7. The molecule has 2 aliphatic heterocycles. The normalized spacial score (nSPS) is 30.9. The molecule has 3 aliphatic rings. The average molecular weight is 358 g/mol. The molecule has 1 saturated heterocycles. The molecule has 1 spiro atoms. The molecule has 2 heterocycles. The Hall–Kier alpha value is -1.72. The minimum atomic E-state index is -0.715. The molecule has 3 rings (SSSR count). The molecule has 1 N–H and O–H groups in total. The number of hydrogen-bond acceptors (Lipinski definition) is 4. The van der Waals surface area contributed by atoms with Gasteiger partial charge in [-0.3, -0.25) is 9.79 Å². The Bertz CT molecular complexity index is 615. The second-order valence-corrected chi connectivity index (χ2v) is 7.44. The van der Waals surface area contributed by atoms with Crippen LogP contribution in [0.5, 0.6) is 0 Å². The monoisotopic (exact) mass is 358 g/mol. The summed E-state index contributed by atoms with van der Waals surface area (Å²) in [6.45, 7) is 8.03. The van der Waals surface area contributed by atoms with Crippen LogP contribution in [0, 0.1) is 11.8 Å². The lowest BCUT2D eigenvalue weighted by molar-refractivity contribution is -0.170. The summed E-state index contributed by atoms with van der Waals surface area (Å²) in [7, 11) is 0. The Morgan fingerprint density at radius 3 is 2.85 bits per heavy atom. The molecule has 2 atom stereocenters. The summed E-state index contributed by atoms with van der Waals surface area (Å²) in [6, 6.07) is 0. The van der Waals surface area contributed by atoms with E-state index in [-0.39, 0.29) is 11.8 Å². The smallest absolute Gasteiger partial charge is 0.252 e. The summed E-state index contributed by atoms with van der Waals surface area (Å²) in [5.74, 6) is 0.345. The minimum absolute atomic E-state index is 0.121. The zero-order valence-corrected chi connectivity index (χ0v) is 15.7. The van der Waals surface area contributed by atoms with E-state index in [4.69, 9.17) is 14.5 Å². The minimum Gasteiger partial charge on any atom is -0.347 e. The van der Waals surface area contributed by atoms with Gasteiger partial charge in [0.15, 0.2) is 5.79 Å². The summed E-state index contributed by atoms with van der Waals surface area (Å²) in [5.41, 5.74) is 0.492. The van der Waals surface area contributed by atoms with Crippen LogP contribution in [-0.4, -0.2) is 37.3 Å².